The van der Waals surface area contributed by atoms with Crippen LogP contribution < -0.4 is 4.74 Å². The summed E-state index contributed by atoms with van der Waals surface area (Å²) in [6.45, 7) is 3.73. The molecule has 0 atom stereocenters. The third-order valence-electron chi connectivity index (χ3n) is 4.02. The largest absolute Gasteiger partial charge is 0.478 e. The summed E-state index contributed by atoms with van der Waals surface area (Å²) in [6, 6.07) is 10.1. The second-order valence-corrected chi connectivity index (χ2v) is 5.69. The van der Waals surface area contributed by atoms with Gasteiger partial charge in [-0.1, -0.05) is 32.0 Å². The molecule has 1 heterocycles. The summed E-state index contributed by atoms with van der Waals surface area (Å²) < 4.78 is 5.78. The molecule has 0 aliphatic carbocycles. The lowest BCUT2D eigenvalue weighted by Gasteiger charge is -2.35. The molecule has 1 aliphatic heterocycles. The van der Waals surface area contributed by atoms with E-state index in [1.807, 2.05) is 38.1 Å². The van der Waals surface area contributed by atoms with Gasteiger partial charge in [-0.3, -0.25) is 0 Å². The summed E-state index contributed by atoms with van der Waals surface area (Å²) in [5.41, 5.74) is 0.0848. The lowest BCUT2D eigenvalue weighted by Crippen LogP contribution is -2.28. The minimum absolute atomic E-state index is 0.218. The van der Waals surface area contributed by atoms with Crippen LogP contribution in [0.1, 0.15) is 45.7 Å². The van der Waals surface area contributed by atoms with E-state index >= 15 is 0 Å². The summed E-state index contributed by atoms with van der Waals surface area (Å²) >= 11 is 0. The Balaban J connectivity index is 2.37. The van der Waals surface area contributed by atoms with Gasteiger partial charge in [-0.15, -0.1) is 0 Å². The van der Waals surface area contributed by atoms with Crippen LogP contribution >= 0.6 is 0 Å². The van der Waals surface area contributed by atoms with Crippen LogP contribution in [0.25, 0.3) is 0 Å². The first-order valence-electron chi connectivity index (χ1n) is 6.75. The van der Waals surface area contributed by atoms with Gasteiger partial charge in [0.1, 0.15) is 11.5 Å². The van der Waals surface area contributed by atoms with E-state index in [-0.39, 0.29) is 11.1 Å². The first-order chi connectivity index (χ1) is 10.3. The minimum atomic E-state index is -1.27. The molecule has 112 valence electrons. The topological polar surface area (TPSA) is 83.8 Å². The van der Waals surface area contributed by atoms with E-state index in [0.29, 0.717) is 17.1 Å². The minimum Gasteiger partial charge on any atom is -0.478 e. The first-order valence-corrected chi connectivity index (χ1v) is 6.75. The van der Waals surface area contributed by atoms with Gasteiger partial charge in [-0.05, 0) is 18.2 Å². The van der Waals surface area contributed by atoms with Gasteiger partial charge in [0.05, 0.1) is 11.1 Å². The van der Waals surface area contributed by atoms with E-state index in [2.05, 4.69) is 0 Å². The van der Waals surface area contributed by atoms with Gasteiger partial charge in [0.2, 0.25) is 0 Å². The van der Waals surface area contributed by atoms with Crippen LogP contribution in [0.4, 0.5) is 0 Å². The fraction of sp³-hybridized carbons (Fsp3) is 0.176. The summed E-state index contributed by atoms with van der Waals surface area (Å²) in [5.74, 6) is -1.51. The Morgan fingerprint density at radius 3 is 2.27 bits per heavy atom. The molecule has 1 aliphatic rings. The van der Waals surface area contributed by atoms with Crippen LogP contribution in [0.2, 0.25) is 0 Å². The number of fused-ring (bicyclic) bond motifs is 2. The van der Waals surface area contributed by atoms with Crippen molar-refractivity contribution in [3.05, 3.63) is 58.7 Å². The molecular formula is C17H14O5. The van der Waals surface area contributed by atoms with Gasteiger partial charge in [0, 0.05) is 16.5 Å². The first kappa shape index (κ1) is 14.1. The molecule has 5 heteroatoms. The average Bonchev–Trinajstić information content (AvgIpc) is 2.46. The SMILES string of the molecule is CC1(C)c2ccccc2Oc2ccc(C(=O)O)c(C(=O)O)c21. The maximum absolute atomic E-state index is 11.7. The van der Waals surface area contributed by atoms with Gasteiger partial charge in [-0.2, -0.15) is 0 Å². The quantitative estimate of drug-likeness (QED) is 0.886. The summed E-state index contributed by atoms with van der Waals surface area (Å²) in [7, 11) is 0. The third-order valence-corrected chi connectivity index (χ3v) is 4.02. The molecular weight excluding hydrogens is 284 g/mol. The Hall–Kier alpha value is -2.82. The van der Waals surface area contributed by atoms with Crippen LogP contribution in [-0.2, 0) is 5.41 Å². The summed E-state index contributed by atoms with van der Waals surface area (Å²) in [6.07, 6.45) is 0. The van der Waals surface area contributed by atoms with Gasteiger partial charge >= 0.3 is 11.9 Å². The third kappa shape index (κ3) is 1.86. The Labute approximate surface area is 126 Å². The van der Waals surface area contributed by atoms with E-state index in [1.54, 1.807) is 0 Å². The molecule has 2 aromatic rings. The van der Waals surface area contributed by atoms with Crippen molar-refractivity contribution in [1.29, 1.82) is 0 Å². The van der Waals surface area contributed by atoms with Crippen LogP contribution in [0.15, 0.2) is 36.4 Å². The number of carboxylic acid groups (broad SMARTS) is 2. The van der Waals surface area contributed by atoms with Crippen molar-refractivity contribution in [2.75, 3.05) is 0 Å². The van der Waals surface area contributed by atoms with Gasteiger partial charge in [0.25, 0.3) is 0 Å². The fourth-order valence-electron chi connectivity index (χ4n) is 3.01. The Morgan fingerprint density at radius 2 is 1.64 bits per heavy atom. The number of benzene rings is 2. The normalized spacial score (nSPS) is 14.5. The highest BCUT2D eigenvalue weighted by atomic mass is 16.5. The number of carbonyl (C=O) groups is 2. The number of para-hydroxylation sites is 1. The smallest absolute Gasteiger partial charge is 0.337 e. The second-order valence-electron chi connectivity index (χ2n) is 5.69. The molecule has 0 radical (unpaired) electrons. The summed E-state index contributed by atoms with van der Waals surface area (Å²) in [5, 5.41) is 18.8. The van der Waals surface area contributed by atoms with Crippen molar-refractivity contribution >= 4 is 11.9 Å². The molecule has 0 aromatic heterocycles. The van der Waals surface area contributed by atoms with Crippen molar-refractivity contribution in [3.63, 3.8) is 0 Å². The Kier molecular flexibility index (Phi) is 2.95. The number of carboxylic acids is 2. The van der Waals surface area contributed by atoms with Crippen molar-refractivity contribution in [3.8, 4) is 11.5 Å². The molecule has 0 saturated carbocycles. The number of aromatic carboxylic acids is 2. The monoisotopic (exact) mass is 298 g/mol. The summed E-state index contributed by atoms with van der Waals surface area (Å²) in [4.78, 5) is 23.0. The maximum atomic E-state index is 11.7. The average molecular weight is 298 g/mol. The van der Waals surface area contributed by atoms with Crippen LogP contribution in [0.3, 0.4) is 0 Å². The lowest BCUT2D eigenvalue weighted by molar-refractivity contribution is 0.0649. The zero-order valence-corrected chi connectivity index (χ0v) is 12.1. The fourth-order valence-corrected chi connectivity index (χ4v) is 3.01. The van der Waals surface area contributed by atoms with Crippen molar-refractivity contribution in [2.45, 2.75) is 19.3 Å². The molecule has 0 amide bonds. The van der Waals surface area contributed by atoms with Crippen molar-refractivity contribution < 1.29 is 24.5 Å². The molecule has 0 spiro atoms. The predicted octanol–water partition coefficient (Wildman–Crippen LogP) is 3.51. The van der Waals surface area contributed by atoms with Crippen molar-refractivity contribution in [2.24, 2.45) is 0 Å². The molecule has 0 bridgehead atoms. The number of hydrogen-bond acceptors (Lipinski definition) is 3. The molecule has 0 unspecified atom stereocenters. The molecule has 5 nitrogen and oxygen atoms in total. The highest BCUT2D eigenvalue weighted by Gasteiger charge is 2.39. The molecule has 2 N–H and O–H groups in total. The number of ether oxygens (including phenoxy) is 1. The van der Waals surface area contributed by atoms with E-state index < -0.39 is 17.4 Å². The standard InChI is InChI=1S/C17H14O5/c1-17(2)10-5-3-4-6-11(10)22-12-8-7-9(15(18)19)13(14(12)17)16(20)21/h3-8H,1-2H3,(H,18,19)(H,20,21). The van der Waals surface area contributed by atoms with Crippen LogP contribution in [0, 0.1) is 0 Å². The van der Waals surface area contributed by atoms with E-state index in [4.69, 9.17) is 4.74 Å². The highest BCUT2D eigenvalue weighted by molar-refractivity contribution is 6.04. The molecule has 0 saturated heterocycles. The highest BCUT2D eigenvalue weighted by Crippen LogP contribution is 2.49. The van der Waals surface area contributed by atoms with E-state index in [1.165, 1.54) is 12.1 Å². The molecule has 0 fully saturated rings. The Bertz CT molecular complexity index is 805. The number of rotatable bonds is 2. The van der Waals surface area contributed by atoms with Gasteiger partial charge in [-0.25, -0.2) is 9.59 Å². The predicted molar refractivity (Wildman–Crippen MR) is 79.0 cm³/mol. The maximum Gasteiger partial charge on any atom is 0.337 e. The molecule has 22 heavy (non-hydrogen) atoms. The van der Waals surface area contributed by atoms with Crippen LogP contribution in [0.5, 0.6) is 11.5 Å². The second kappa shape index (κ2) is 4.59. The molecule has 2 aromatic carbocycles. The van der Waals surface area contributed by atoms with Gasteiger partial charge in [0.15, 0.2) is 0 Å². The van der Waals surface area contributed by atoms with Crippen LogP contribution in [-0.4, -0.2) is 22.2 Å². The van der Waals surface area contributed by atoms with Gasteiger partial charge < -0.3 is 14.9 Å². The molecule has 3 rings (SSSR count). The van der Waals surface area contributed by atoms with E-state index in [0.717, 1.165) is 5.56 Å². The zero-order valence-electron chi connectivity index (χ0n) is 12.1. The van der Waals surface area contributed by atoms with Crippen molar-refractivity contribution in [1.82, 2.24) is 0 Å². The number of hydrogen-bond donors (Lipinski definition) is 2. The Morgan fingerprint density at radius 1 is 0.955 bits per heavy atom. The zero-order chi connectivity index (χ0) is 16.1. The van der Waals surface area contributed by atoms with E-state index in [9.17, 15) is 19.8 Å². The lowest BCUT2D eigenvalue weighted by atomic mass is 9.73.